The van der Waals surface area contributed by atoms with Crippen LogP contribution in [0.3, 0.4) is 0 Å². The van der Waals surface area contributed by atoms with Crippen molar-refractivity contribution in [3.05, 3.63) is 23.8 Å². The summed E-state index contributed by atoms with van der Waals surface area (Å²) in [5.41, 5.74) is 6.72. The fourth-order valence-corrected chi connectivity index (χ4v) is 2.38. The molecule has 1 saturated heterocycles. The van der Waals surface area contributed by atoms with Crippen molar-refractivity contribution in [3.8, 4) is 0 Å². The maximum absolute atomic E-state index is 12.0. The Labute approximate surface area is 128 Å². The van der Waals surface area contributed by atoms with Gasteiger partial charge in [0.15, 0.2) is 0 Å². The maximum atomic E-state index is 12.0. The van der Waals surface area contributed by atoms with Crippen molar-refractivity contribution in [2.24, 2.45) is 11.7 Å². The van der Waals surface area contributed by atoms with Gasteiger partial charge in [-0.05, 0) is 38.0 Å². The lowest BCUT2D eigenvalue weighted by Crippen LogP contribution is -2.28. The van der Waals surface area contributed by atoms with Crippen LogP contribution in [0, 0.1) is 5.92 Å². The van der Waals surface area contributed by atoms with Crippen LogP contribution in [0.5, 0.6) is 0 Å². The van der Waals surface area contributed by atoms with Gasteiger partial charge in [0.25, 0.3) is 0 Å². The van der Waals surface area contributed by atoms with Crippen LogP contribution in [0.25, 0.3) is 0 Å². The van der Waals surface area contributed by atoms with Gasteiger partial charge in [0.05, 0.1) is 11.4 Å². The lowest BCUT2D eigenvalue weighted by atomic mass is 10.1. The molecule has 2 amide bonds. The third-order valence-corrected chi connectivity index (χ3v) is 3.75. The number of aliphatic carboxylic acids is 1. The van der Waals surface area contributed by atoms with Crippen molar-refractivity contribution >= 4 is 29.2 Å². The van der Waals surface area contributed by atoms with Crippen LogP contribution in [0.2, 0.25) is 0 Å². The normalized spacial score (nSPS) is 15.4. The molecule has 0 aliphatic carbocycles. The number of hydrogen-bond donors (Lipinski definition) is 3. The molecule has 1 aliphatic heterocycles. The van der Waals surface area contributed by atoms with Gasteiger partial charge in [0, 0.05) is 18.7 Å². The first kappa shape index (κ1) is 15.8. The topological polar surface area (TPSA) is 113 Å². The Bertz CT molecular complexity index is 609. The predicted molar refractivity (Wildman–Crippen MR) is 81.8 cm³/mol. The van der Waals surface area contributed by atoms with Crippen LogP contribution >= 0.6 is 0 Å². The number of carbonyl (C=O) groups excluding carboxylic acids is 2. The van der Waals surface area contributed by atoms with E-state index < -0.39 is 23.7 Å². The van der Waals surface area contributed by atoms with E-state index in [1.165, 1.54) is 13.0 Å². The first-order valence-electron chi connectivity index (χ1n) is 7.12. The van der Waals surface area contributed by atoms with Gasteiger partial charge in [-0.3, -0.25) is 14.4 Å². The zero-order chi connectivity index (χ0) is 16.3. The summed E-state index contributed by atoms with van der Waals surface area (Å²) in [7, 11) is 0. The van der Waals surface area contributed by atoms with Gasteiger partial charge in [-0.15, -0.1) is 0 Å². The van der Waals surface area contributed by atoms with Crippen molar-refractivity contribution in [2.45, 2.75) is 19.8 Å². The summed E-state index contributed by atoms with van der Waals surface area (Å²) in [6.07, 6.45) is 2.10. The molecular formula is C15H19N3O4. The minimum Gasteiger partial charge on any atom is -0.481 e. The Kier molecular flexibility index (Phi) is 4.65. The number of primary amides is 1. The molecule has 1 unspecified atom stereocenters. The van der Waals surface area contributed by atoms with E-state index in [4.69, 9.17) is 10.8 Å². The van der Waals surface area contributed by atoms with Gasteiger partial charge < -0.3 is 21.1 Å². The van der Waals surface area contributed by atoms with E-state index in [2.05, 4.69) is 10.2 Å². The molecule has 0 radical (unpaired) electrons. The first-order chi connectivity index (χ1) is 10.4. The van der Waals surface area contributed by atoms with Gasteiger partial charge in [-0.2, -0.15) is 0 Å². The Morgan fingerprint density at radius 2 is 1.91 bits per heavy atom. The van der Waals surface area contributed by atoms with Crippen LogP contribution in [0.1, 0.15) is 30.1 Å². The number of hydrogen-bond acceptors (Lipinski definition) is 4. The number of carbonyl (C=O) groups is 3. The third-order valence-electron chi connectivity index (χ3n) is 3.75. The van der Waals surface area contributed by atoms with Crippen molar-refractivity contribution in [3.63, 3.8) is 0 Å². The van der Waals surface area contributed by atoms with Gasteiger partial charge in [0.2, 0.25) is 11.8 Å². The molecule has 0 saturated carbocycles. The highest BCUT2D eigenvalue weighted by atomic mass is 16.4. The van der Waals surface area contributed by atoms with E-state index in [0.29, 0.717) is 5.69 Å². The molecule has 1 aromatic carbocycles. The number of benzene rings is 1. The van der Waals surface area contributed by atoms with Crippen LogP contribution in [0.4, 0.5) is 11.4 Å². The molecule has 0 bridgehead atoms. The molecule has 22 heavy (non-hydrogen) atoms. The predicted octanol–water partition coefficient (Wildman–Crippen LogP) is 1.04. The molecule has 1 heterocycles. The molecule has 0 spiro atoms. The SMILES string of the molecule is CC(C(=O)O)C(=O)Nc1cc(C(N)=O)ccc1N1CCCC1. The van der Waals surface area contributed by atoms with Crippen molar-refractivity contribution in [1.29, 1.82) is 0 Å². The fourth-order valence-electron chi connectivity index (χ4n) is 2.38. The van der Waals surface area contributed by atoms with E-state index in [1.807, 2.05) is 0 Å². The Balaban J connectivity index is 2.32. The summed E-state index contributed by atoms with van der Waals surface area (Å²) in [6.45, 7) is 3.02. The monoisotopic (exact) mass is 305 g/mol. The van der Waals surface area contributed by atoms with Gasteiger partial charge in [-0.1, -0.05) is 0 Å². The molecule has 4 N–H and O–H groups in total. The van der Waals surface area contributed by atoms with Crippen LogP contribution < -0.4 is 16.0 Å². The minimum atomic E-state index is -1.20. The largest absolute Gasteiger partial charge is 0.481 e. The second kappa shape index (κ2) is 6.46. The molecule has 1 atom stereocenters. The number of rotatable bonds is 5. The van der Waals surface area contributed by atoms with Crippen LogP contribution in [-0.2, 0) is 9.59 Å². The van der Waals surface area contributed by atoms with Crippen LogP contribution in [0.15, 0.2) is 18.2 Å². The third kappa shape index (κ3) is 3.36. The Hall–Kier alpha value is -2.57. The summed E-state index contributed by atoms with van der Waals surface area (Å²) in [5, 5.41) is 11.5. The zero-order valence-electron chi connectivity index (χ0n) is 12.3. The summed E-state index contributed by atoms with van der Waals surface area (Å²) in [6, 6.07) is 4.82. The number of anilines is 2. The van der Waals surface area contributed by atoms with E-state index >= 15 is 0 Å². The molecule has 7 heteroatoms. The first-order valence-corrected chi connectivity index (χ1v) is 7.12. The zero-order valence-corrected chi connectivity index (χ0v) is 12.3. The number of carboxylic acid groups (broad SMARTS) is 1. The second-order valence-corrected chi connectivity index (χ2v) is 5.34. The van der Waals surface area contributed by atoms with Gasteiger partial charge in [-0.25, -0.2) is 0 Å². The number of nitrogens with zero attached hydrogens (tertiary/aromatic N) is 1. The average Bonchev–Trinajstić information content (AvgIpc) is 3.00. The van der Waals surface area contributed by atoms with E-state index in [9.17, 15) is 14.4 Å². The average molecular weight is 305 g/mol. The van der Waals surface area contributed by atoms with Crippen LogP contribution in [-0.4, -0.2) is 36.0 Å². The molecular weight excluding hydrogens is 286 g/mol. The molecule has 1 aliphatic rings. The lowest BCUT2D eigenvalue weighted by molar-refractivity contribution is -0.144. The molecule has 7 nitrogen and oxygen atoms in total. The molecule has 118 valence electrons. The van der Waals surface area contributed by atoms with Crippen molar-refractivity contribution in [1.82, 2.24) is 0 Å². The van der Waals surface area contributed by atoms with Crippen molar-refractivity contribution < 1.29 is 19.5 Å². The molecule has 1 aromatic rings. The standard InChI is InChI=1S/C15H19N3O4/c1-9(15(21)22)14(20)17-11-8-10(13(16)19)4-5-12(11)18-6-2-3-7-18/h4-5,8-9H,2-3,6-7H2,1H3,(H2,16,19)(H,17,20)(H,21,22). The summed E-state index contributed by atoms with van der Waals surface area (Å²) < 4.78 is 0. The van der Waals surface area contributed by atoms with Gasteiger partial charge >= 0.3 is 5.97 Å². The van der Waals surface area contributed by atoms with E-state index in [-0.39, 0.29) is 5.56 Å². The number of amides is 2. The summed E-state index contributed by atoms with van der Waals surface area (Å²) in [4.78, 5) is 36.3. The quantitative estimate of drug-likeness (QED) is 0.704. The fraction of sp³-hybridized carbons (Fsp3) is 0.400. The molecule has 2 rings (SSSR count). The number of nitrogens with two attached hydrogens (primary N) is 1. The number of nitrogens with one attached hydrogen (secondary N) is 1. The smallest absolute Gasteiger partial charge is 0.315 e. The second-order valence-electron chi connectivity index (χ2n) is 5.34. The molecule has 1 fully saturated rings. The van der Waals surface area contributed by atoms with Crippen molar-refractivity contribution in [2.75, 3.05) is 23.3 Å². The highest BCUT2D eigenvalue weighted by Gasteiger charge is 2.23. The Morgan fingerprint density at radius 3 is 2.45 bits per heavy atom. The highest BCUT2D eigenvalue weighted by molar-refractivity contribution is 6.06. The highest BCUT2D eigenvalue weighted by Crippen LogP contribution is 2.30. The Morgan fingerprint density at radius 1 is 1.27 bits per heavy atom. The maximum Gasteiger partial charge on any atom is 0.315 e. The van der Waals surface area contributed by atoms with E-state index in [1.54, 1.807) is 12.1 Å². The number of carboxylic acids is 1. The lowest BCUT2D eigenvalue weighted by Gasteiger charge is -2.22. The van der Waals surface area contributed by atoms with Gasteiger partial charge in [0.1, 0.15) is 5.92 Å². The minimum absolute atomic E-state index is 0.265. The summed E-state index contributed by atoms with van der Waals surface area (Å²) >= 11 is 0. The van der Waals surface area contributed by atoms with E-state index in [0.717, 1.165) is 31.6 Å². The molecule has 0 aromatic heterocycles. The summed E-state index contributed by atoms with van der Waals surface area (Å²) in [5.74, 6) is -3.61.